The van der Waals surface area contributed by atoms with Crippen molar-refractivity contribution >= 4 is 26.6 Å². The molecule has 0 radical (unpaired) electrons. The fourth-order valence-electron chi connectivity index (χ4n) is 4.03. The summed E-state index contributed by atoms with van der Waals surface area (Å²) < 4.78 is 27.8. The molecule has 1 N–H and O–H groups in total. The highest BCUT2D eigenvalue weighted by Crippen LogP contribution is 2.33. The van der Waals surface area contributed by atoms with E-state index < -0.39 is 10.0 Å². The molecule has 6 heteroatoms. The summed E-state index contributed by atoms with van der Waals surface area (Å²) in [4.78, 5) is 3.70. The van der Waals surface area contributed by atoms with Crippen molar-refractivity contribution in [2.24, 2.45) is 5.10 Å². The van der Waals surface area contributed by atoms with E-state index in [2.05, 4.69) is 10.1 Å². The van der Waals surface area contributed by atoms with Crippen molar-refractivity contribution in [3.05, 3.63) is 101 Å². The van der Waals surface area contributed by atoms with Crippen LogP contribution in [0.4, 0.5) is 0 Å². The standard InChI is InChI=1S/C24H21N3O2S/c1-17-23(19-11-5-7-13-21(19)25-17)24-20-12-6-8-14-22(20)30(28,29)27(26-24)16-15-18-9-3-2-4-10-18/h2-14,25H,15-16H2,1H3. The maximum Gasteiger partial charge on any atom is 0.279 e. The first-order valence-electron chi connectivity index (χ1n) is 9.88. The van der Waals surface area contributed by atoms with Crippen molar-refractivity contribution in [2.75, 3.05) is 6.54 Å². The lowest BCUT2D eigenvalue weighted by Crippen LogP contribution is -2.35. The molecule has 0 aliphatic carbocycles. The van der Waals surface area contributed by atoms with Crippen molar-refractivity contribution in [3.8, 4) is 0 Å². The van der Waals surface area contributed by atoms with Gasteiger partial charge in [-0.2, -0.15) is 17.9 Å². The molecule has 5 rings (SSSR count). The van der Waals surface area contributed by atoms with Gasteiger partial charge < -0.3 is 4.98 Å². The van der Waals surface area contributed by atoms with Crippen LogP contribution in [0.25, 0.3) is 10.9 Å². The fraction of sp³-hybridized carbons (Fsp3) is 0.125. The van der Waals surface area contributed by atoms with Crippen molar-refractivity contribution < 1.29 is 8.42 Å². The van der Waals surface area contributed by atoms with Gasteiger partial charge in [0.05, 0.1) is 11.4 Å². The highest BCUT2D eigenvalue weighted by atomic mass is 32.2. The lowest BCUT2D eigenvalue weighted by Gasteiger charge is -2.27. The Morgan fingerprint density at radius 3 is 2.43 bits per heavy atom. The Labute approximate surface area is 175 Å². The summed E-state index contributed by atoms with van der Waals surface area (Å²) in [7, 11) is -3.71. The Hall–Kier alpha value is -3.38. The molecule has 5 nitrogen and oxygen atoms in total. The number of hydrogen-bond donors (Lipinski definition) is 1. The summed E-state index contributed by atoms with van der Waals surface area (Å²) >= 11 is 0. The Bertz CT molecular complexity index is 1370. The van der Waals surface area contributed by atoms with Crippen molar-refractivity contribution in [1.82, 2.24) is 9.40 Å². The minimum atomic E-state index is -3.71. The van der Waals surface area contributed by atoms with E-state index in [9.17, 15) is 8.42 Å². The number of aromatic amines is 1. The third-order valence-corrected chi connectivity index (χ3v) is 7.20. The minimum absolute atomic E-state index is 0.283. The zero-order valence-corrected chi connectivity index (χ0v) is 17.4. The van der Waals surface area contributed by atoms with Crippen molar-refractivity contribution in [1.29, 1.82) is 0 Å². The Kier molecular flexibility index (Phi) is 4.44. The number of hydrazone groups is 1. The van der Waals surface area contributed by atoms with Gasteiger partial charge in [0.1, 0.15) is 5.71 Å². The number of hydrogen-bond acceptors (Lipinski definition) is 3. The zero-order valence-electron chi connectivity index (χ0n) is 16.5. The molecule has 0 amide bonds. The molecule has 1 aliphatic heterocycles. The Morgan fingerprint density at radius 2 is 1.60 bits per heavy atom. The van der Waals surface area contributed by atoms with E-state index in [1.54, 1.807) is 12.1 Å². The van der Waals surface area contributed by atoms with Crippen LogP contribution in [0.15, 0.2) is 88.9 Å². The molecule has 1 aliphatic rings. The van der Waals surface area contributed by atoms with E-state index in [0.29, 0.717) is 22.6 Å². The Morgan fingerprint density at radius 1 is 0.900 bits per heavy atom. The molecule has 0 unspecified atom stereocenters. The van der Waals surface area contributed by atoms with Gasteiger partial charge in [0.2, 0.25) is 0 Å². The number of H-pyrrole nitrogens is 1. The lowest BCUT2D eigenvalue weighted by atomic mass is 9.99. The average Bonchev–Trinajstić information content (AvgIpc) is 3.10. The topological polar surface area (TPSA) is 65.5 Å². The highest BCUT2D eigenvalue weighted by Gasteiger charge is 2.34. The summed E-state index contributed by atoms with van der Waals surface area (Å²) in [6.45, 7) is 2.28. The molecule has 150 valence electrons. The van der Waals surface area contributed by atoms with Crippen LogP contribution < -0.4 is 0 Å². The van der Waals surface area contributed by atoms with Crippen LogP contribution in [0.3, 0.4) is 0 Å². The summed E-state index contributed by atoms with van der Waals surface area (Å²) in [5.74, 6) is 0. The first kappa shape index (κ1) is 18.6. The molecule has 0 saturated heterocycles. The van der Waals surface area contributed by atoms with Gasteiger partial charge in [-0.1, -0.05) is 66.7 Å². The molecule has 3 aromatic carbocycles. The molecule has 0 atom stereocenters. The first-order chi connectivity index (χ1) is 14.6. The summed E-state index contributed by atoms with van der Waals surface area (Å²) in [5, 5.41) is 5.72. The molecular weight excluding hydrogens is 394 g/mol. The molecule has 0 spiro atoms. The summed E-state index contributed by atoms with van der Waals surface area (Å²) in [5.41, 5.74) is 5.32. The SMILES string of the molecule is Cc1[nH]c2ccccc2c1C1=NN(CCc2ccccc2)S(=O)(=O)c2ccccc21. The largest absolute Gasteiger partial charge is 0.358 e. The van der Waals surface area contributed by atoms with Gasteiger partial charge >= 0.3 is 0 Å². The maximum absolute atomic E-state index is 13.3. The quantitative estimate of drug-likeness (QED) is 0.534. The van der Waals surface area contributed by atoms with E-state index in [1.807, 2.05) is 73.7 Å². The molecule has 2 heterocycles. The fourth-order valence-corrected chi connectivity index (χ4v) is 5.47. The molecule has 30 heavy (non-hydrogen) atoms. The number of para-hydroxylation sites is 1. The highest BCUT2D eigenvalue weighted by molar-refractivity contribution is 7.89. The van der Waals surface area contributed by atoms with E-state index in [0.717, 1.165) is 27.7 Å². The van der Waals surface area contributed by atoms with Crippen LogP contribution in [0.2, 0.25) is 0 Å². The maximum atomic E-state index is 13.3. The van der Waals surface area contributed by atoms with Crippen LogP contribution >= 0.6 is 0 Å². The number of rotatable bonds is 4. The van der Waals surface area contributed by atoms with Crippen LogP contribution in [-0.2, 0) is 16.4 Å². The number of aryl methyl sites for hydroxylation is 1. The smallest absolute Gasteiger partial charge is 0.279 e. The predicted octanol–water partition coefficient (Wildman–Crippen LogP) is 4.48. The number of sulfonamides is 1. The molecule has 1 aromatic heterocycles. The van der Waals surface area contributed by atoms with Gasteiger partial charge in [0.15, 0.2) is 0 Å². The minimum Gasteiger partial charge on any atom is -0.358 e. The Balaban J connectivity index is 1.66. The second-order valence-electron chi connectivity index (χ2n) is 7.40. The van der Waals surface area contributed by atoms with Gasteiger partial charge in [0, 0.05) is 27.7 Å². The molecule has 4 aromatic rings. The number of nitrogens with one attached hydrogen (secondary N) is 1. The van der Waals surface area contributed by atoms with E-state index in [4.69, 9.17) is 0 Å². The molecule has 0 fully saturated rings. The lowest BCUT2D eigenvalue weighted by molar-refractivity contribution is 0.430. The zero-order chi connectivity index (χ0) is 20.7. The average molecular weight is 416 g/mol. The monoisotopic (exact) mass is 415 g/mol. The third-order valence-electron chi connectivity index (χ3n) is 5.47. The van der Waals surface area contributed by atoms with E-state index >= 15 is 0 Å². The van der Waals surface area contributed by atoms with Crippen molar-refractivity contribution in [2.45, 2.75) is 18.2 Å². The van der Waals surface area contributed by atoms with Gasteiger partial charge in [-0.3, -0.25) is 0 Å². The number of aromatic nitrogens is 1. The third kappa shape index (κ3) is 3.00. The molecule has 0 bridgehead atoms. The van der Waals surface area contributed by atoms with E-state index in [-0.39, 0.29) is 6.54 Å². The first-order valence-corrected chi connectivity index (χ1v) is 11.3. The summed E-state index contributed by atoms with van der Waals surface area (Å²) in [6.07, 6.45) is 0.589. The summed E-state index contributed by atoms with van der Waals surface area (Å²) in [6, 6.07) is 25.0. The second-order valence-corrected chi connectivity index (χ2v) is 9.21. The molecular formula is C24H21N3O2S. The van der Waals surface area contributed by atoms with Crippen LogP contribution in [0, 0.1) is 6.92 Å². The number of fused-ring (bicyclic) bond motifs is 2. The van der Waals surface area contributed by atoms with Crippen molar-refractivity contribution in [3.63, 3.8) is 0 Å². The van der Waals surface area contributed by atoms with Gasteiger partial charge in [0.25, 0.3) is 10.0 Å². The normalized spacial score (nSPS) is 15.1. The van der Waals surface area contributed by atoms with E-state index in [1.165, 1.54) is 4.41 Å². The van der Waals surface area contributed by atoms with Gasteiger partial charge in [-0.15, -0.1) is 0 Å². The van der Waals surface area contributed by atoms with Crippen LogP contribution in [0.1, 0.15) is 22.4 Å². The number of nitrogens with zero attached hydrogens (tertiary/aromatic N) is 2. The van der Waals surface area contributed by atoms with Gasteiger partial charge in [-0.05, 0) is 31.0 Å². The number of benzene rings is 3. The second kappa shape index (κ2) is 7.15. The predicted molar refractivity (Wildman–Crippen MR) is 119 cm³/mol. The van der Waals surface area contributed by atoms with Gasteiger partial charge in [-0.25, -0.2) is 0 Å². The van der Waals surface area contributed by atoms with Crippen LogP contribution in [0.5, 0.6) is 0 Å². The molecule has 0 saturated carbocycles. The van der Waals surface area contributed by atoms with Crippen LogP contribution in [-0.4, -0.2) is 30.1 Å².